The number of hydroxylamine groups is 2. The SMILES string of the molecule is CON(C)C(=O)c1cc2c(C)nn(CC(C)C)c2s1. The molecule has 2 aromatic heterocycles. The Bertz CT molecular complexity index is 600. The van der Waals surface area contributed by atoms with Gasteiger partial charge < -0.3 is 0 Å². The first-order valence-electron chi connectivity index (χ1n) is 6.23. The maximum Gasteiger partial charge on any atom is 0.287 e. The van der Waals surface area contributed by atoms with Gasteiger partial charge in [-0.25, -0.2) is 5.06 Å². The van der Waals surface area contributed by atoms with Crippen molar-refractivity contribution in [1.82, 2.24) is 14.8 Å². The fourth-order valence-electron chi connectivity index (χ4n) is 1.93. The molecule has 0 unspecified atom stereocenters. The van der Waals surface area contributed by atoms with Gasteiger partial charge in [-0.1, -0.05) is 13.8 Å². The predicted octanol–water partition coefficient (Wildman–Crippen LogP) is 2.70. The van der Waals surface area contributed by atoms with Crippen LogP contribution in [0.2, 0.25) is 0 Å². The Morgan fingerprint density at radius 1 is 1.58 bits per heavy atom. The summed E-state index contributed by atoms with van der Waals surface area (Å²) in [6.07, 6.45) is 0. The highest BCUT2D eigenvalue weighted by Crippen LogP contribution is 2.29. The Morgan fingerprint density at radius 3 is 2.84 bits per heavy atom. The molecule has 0 aliphatic heterocycles. The van der Waals surface area contributed by atoms with Crippen LogP contribution in [0, 0.1) is 12.8 Å². The van der Waals surface area contributed by atoms with Crippen LogP contribution in [0.1, 0.15) is 29.2 Å². The number of carbonyl (C=O) groups excluding carboxylic acids is 1. The number of fused-ring (bicyclic) bond motifs is 1. The van der Waals surface area contributed by atoms with E-state index in [4.69, 9.17) is 4.84 Å². The minimum Gasteiger partial charge on any atom is -0.274 e. The van der Waals surface area contributed by atoms with E-state index in [0.717, 1.165) is 22.5 Å². The van der Waals surface area contributed by atoms with Gasteiger partial charge in [-0.3, -0.25) is 14.3 Å². The molecular formula is C13H19N3O2S. The lowest BCUT2D eigenvalue weighted by molar-refractivity contribution is -0.0753. The van der Waals surface area contributed by atoms with Crippen LogP contribution in [-0.2, 0) is 11.4 Å². The fourth-order valence-corrected chi connectivity index (χ4v) is 3.06. The third kappa shape index (κ3) is 2.64. The highest BCUT2D eigenvalue weighted by Gasteiger charge is 2.19. The molecule has 0 saturated carbocycles. The van der Waals surface area contributed by atoms with Crippen molar-refractivity contribution in [2.75, 3.05) is 14.2 Å². The van der Waals surface area contributed by atoms with Gasteiger partial charge in [0, 0.05) is 19.0 Å². The molecule has 0 spiro atoms. The molecule has 2 aromatic rings. The number of hydrogen-bond donors (Lipinski definition) is 0. The number of thiophene rings is 1. The maximum atomic E-state index is 12.1. The summed E-state index contributed by atoms with van der Waals surface area (Å²) in [4.78, 5) is 18.7. The van der Waals surface area contributed by atoms with Crippen LogP contribution >= 0.6 is 11.3 Å². The summed E-state index contributed by atoms with van der Waals surface area (Å²) in [6, 6.07) is 1.90. The Kier molecular flexibility index (Phi) is 3.91. The van der Waals surface area contributed by atoms with E-state index in [1.165, 1.54) is 23.5 Å². The number of aromatic nitrogens is 2. The summed E-state index contributed by atoms with van der Waals surface area (Å²) >= 11 is 1.47. The number of nitrogens with zero attached hydrogens (tertiary/aromatic N) is 3. The molecule has 6 heteroatoms. The molecule has 0 bridgehead atoms. The number of amides is 1. The van der Waals surface area contributed by atoms with Crippen molar-refractivity contribution in [3.05, 3.63) is 16.6 Å². The van der Waals surface area contributed by atoms with Crippen LogP contribution in [0.3, 0.4) is 0 Å². The van der Waals surface area contributed by atoms with Gasteiger partial charge >= 0.3 is 0 Å². The van der Waals surface area contributed by atoms with E-state index in [1.807, 2.05) is 17.7 Å². The van der Waals surface area contributed by atoms with Gasteiger partial charge in [0.1, 0.15) is 4.83 Å². The molecule has 0 saturated heterocycles. The van der Waals surface area contributed by atoms with Crippen molar-refractivity contribution >= 4 is 27.5 Å². The van der Waals surface area contributed by atoms with Crippen LogP contribution < -0.4 is 0 Å². The largest absolute Gasteiger partial charge is 0.287 e. The zero-order valence-electron chi connectivity index (χ0n) is 11.9. The zero-order chi connectivity index (χ0) is 14.2. The van der Waals surface area contributed by atoms with Gasteiger partial charge in [0.2, 0.25) is 0 Å². The first-order valence-corrected chi connectivity index (χ1v) is 7.04. The molecule has 1 amide bonds. The Morgan fingerprint density at radius 2 is 2.26 bits per heavy atom. The number of hydrogen-bond acceptors (Lipinski definition) is 4. The lowest BCUT2D eigenvalue weighted by Crippen LogP contribution is -2.24. The Labute approximate surface area is 116 Å². The van der Waals surface area contributed by atoms with Gasteiger partial charge in [0.15, 0.2) is 0 Å². The number of aryl methyl sites for hydroxylation is 1. The summed E-state index contributed by atoms with van der Waals surface area (Å²) in [7, 11) is 3.09. The molecule has 5 nitrogen and oxygen atoms in total. The zero-order valence-corrected chi connectivity index (χ0v) is 12.7. The highest BCUT2D eigenvalue weighted by atomic mass is 32.1. The van der Waals surface area contributed by atoms with E-state index in [-0.39, 0.29) is 5.91 Å². The average Bonchev–Trinajstić information content (AvgIpc) is 2.89. The third-order valence-corrected chi connectivity index (χ3v) is 4.05. The second kappa shape index (κ2) is 5.30. The van der Waals surface area contributed by atoms with Crippen molar-refractivity contribution in [2.24, 2.45) is 5.92 Å². The molecule has 0 radical (unpaired) electrons. The quantitative estimate of drug-likeness (QED) is 0.810. The molecule has 0 fully saturated rings. The maximum absolute atomic E-state index is 12.1. The van der Waals surface area contributed by atoms with Crippen molar-refractivity contribution in [1.29, 1.82) is 0 Å². The molecule has 19 heavy (non-hydrogen) atoms. The van der Waals surface area contributed by atoms with Crippen molar-refractivity contribution < 1.29 is 9.63 Å². The third-order valence-electron chi connectivity index (χ3n) is 2.92. The van der Waals surface area contributed by atoms with Crippen molar-refractivity contribution in [2.45, 2.75) is 27.3 Å². The van der Waals surface area contributed by atoms with Gasteiger partial charge in [-0.2, -0.15) is 5.10 Å². The number of carbonyl (C=O) groups is 1. The monoisotopic (exact) mass is 281 g/mol. The fraction of sp³-hybridized carbons (Fsp3) is 0.538. The second-order valence-corrected chi connectivity index (χ2v) is 6.01. The van der Waals surface area contributed by atoms with Crippen LogP contribution in [-0.4, -0.2) is 34.9 Å². The minimum atomic E-state index is -0.126. The first-order chi connectivity index (χ1) is 8.93. The number of rotatable bonds is 4. The van der Waals surface area contributed by atoms with E-state index < -0.39 is 0 Å². The van der Waals surface area contributed by atoms with Crippen LogP contribution in [0.4, 0.5) is 0 Å². The summed E-state index contributed by atoms with van der Waals surface area (Å²) < 4.78 is 1.99. The topological polar surface area (TPSA) is 47.4 Å². The summed E-state index contributed by atoms with van der Waals surface area (Å²) in [5, 5.41) is 6.82. The standard InChI is InChI=1S/C13H19N3O2S/c1-8(2)7-16-13-10(9(3)14-16)6-11(19-13)12(17)15(4)18-5/h6,8H,7H2,1-5H3. The van der Waals surface area contributed by atoms with Crippen LogP contribution in [0.15, 0.2) is 6.07 Å². The second-order valence-electron chi connectivity index (χ2n) is 4.98. The molecule has 0 atom stereocenters. The Balaban J connectivity index is 2.43. The predicted molar refractivity (Wildman–Crippen MR) is 76.3 cm³/mol. The van der Waals surface area contributed by atoms with E-state index >= 15 is 0 Å². The van der Waals surface area contributed by atoms with E-state index in [2.05, 4.69) is 18.9 Å². The molecule has 104 valence electrons. The normalized spacial score (nSPS) is 11.5. The molecule has 0 aliphatic rings. The lowest BCUT2D eigenvalue weighted by atomic mass is 10.2. The van der Waals surface area contributed by atoms with Gasteiger partial charge in [-0.15, -0.1) is 11.3 Å². The van der Waals surface area contributed by atoms with E-state index in [0.29, 0.717) is 10.8 Å². The van der Waals surface area contributed by atoms with Gasteiger partial charge in [0.25, 0.3) is 5.91 Å². The van der Waals surface area contributed by atoms with Crippen LogP contribution in [0.5, 0.6) is 0 Å². The van der Waals surface area contributed by atoms with Crippen molar-refractivity contribution in [3.63, 3.8) is 0 Å². The average molecular weight is 281 g/mol. The van der Waals surface area contributed by atoms with Crippen LogP contribution in [0.25, 0.3) is 10.2 Å². The van der Waals surface area contributed by atoms with E-state index in [9.17, 15) is 4.79 Å². The Hall–Kier alpha value is -1.40. The highest BCUT2D eigenvalue weighted by molar-refractivity contribution is 7.20. The molecule has 2 heterocycles. The smallest absolute Gasteiger partial charge is 0.274 e. The lowest BCUT2D eigenvalue weighted by Gasteiger charge is -2.11. The van der Waals surface area contributed by atoms with E-state index in [1.54, 1.807) is 7.05 Å². The molecule has 0 N–H and O–H groups in total. The van der Waals surface area contributed by atoms with Gasteiger partial charge in [-0.05, 0) is 18.9 Å². The molecule has 0 aliphatic carbocycles. The molecular weight excluding hydrogens is 262 g/mol. The molecule has 2 rings (SSSR count). The summed E-state index contributed by atoms with van der Waals surface area (Å²) in [5.41, 5.74) is 0.964. The minimum absolute atomic E-state index is 0.126. The summed E-state index contributed by atoms with van der Waals surface area (Å²) in [6.45, 7) is 7.14. The van der Waals surface area contributed by atoms with Gasteiger partial charge in [0.05, 0.1) is 17.7 Å². The first kappa shape index (κ1) is 14.0. The van der Waals surface area contributed by atoms with Crippen molar-refractivity contribution in [3.8, 4) is 0 Å². The summed E-state index contributed by atoms with van der Waals surface area (Å²) in [5.74, 6) is 0.393. The molecule has 0 aromatic carbocycles.